The van der Waals surface area contributed by atoms with E-state index in [2.05, 4.69) is 21.9 Å². The number of urea groups is 1. The summed E-state index contributed by atoms with van der Waals surface area (Å²) in [6, 6.07) is 7.78. The summed E-state index contributed by atoms with van der Waals surface area (Å²) in [6.07, 6.45) is 4.25. The molecule has 6 heteroatoms. The maximum atomic E-state index is 12.3. The smallest absolute Gasteiger partial charge is 0.315 e. The largest absolute Gasteiger partial charge is 0.493 e. The van der Waals surface area contributed by atoms with Crippen LogP contribution in [0.25, 0.3) is 0 Å². The molecule has 2 amide bonds. The first kappa shape index (κ1) is 16.0. The molecule has 132 valence electrons. The topological polar surface area (TPSA) is 76.4 Å². The molecule has 1 aliphatic heterocycles. The maximum absolute atomic E-state index is 12.3. The predicted molar refractivity (Wildman–Crippen MR) is 92.7 cm³/mol. The fourth-order valence-electron chi connectivity index (χ4n) is 3.71. The van der Waals surface area contributed by atoms with Crippen molar-refractivity contribution in [3.05, 3.63) is 46.8 Å². The number of fused-ring (bicyclic) bond motifs is 2. The number of carbonyl (C=O) groups is 1. The van der Waals surface area contributed by atoms with Crippen LogP contribution in [0.5, 0.6) is 5.75 Å². The van der Waals surface area contributed by atoms with E-state index >= 15 is 0 Å². The Labute approximate surface area is 146 Å². The lowest BCUT2D eigenvalue weighted by Gasteiger charge is -2.20. The molecule has 2 heterocycles. The maximum Gasteiger partial charge on any atom is 0.315 e. The second-order valence-corrected chi connectivity index (χ2v) is 6.81. The number of nitrogens with zero attached hydrogens (tertiary/aromatic N) is 1. The highest BCUT2D eigenvalue weighted by Gasteiger charge is 2.29. The first-order chi connectivity index (χ1) is 12.2. The van der Waals surface area contributed by atoms with Crippen LogP contribution in [0, 0.1) is 0 Å². The Balaban J connectivity index is 1.33. The Morgan fingerprint density at radius 3 is 3.08 bits per heavy atom. The zero-order valence-corrected chi connectivity index (χ0v) is 14.4. The van der Waals surface area contributed by atoms with Crippen molar-refractivity contribution in [2.45, 2.75) is 51.1 Å². The lowest BCUT2D eigenvalue weighted by molar-refractivity contribution is 0.232. The van der Waals surface area contributed by atoms with Crippen molar-refractivity contribution >= 4 is 6.03 Å². The van der Waals surface area contributed by atoms with Crippen molar-refractivity contribution < 1.29 is 14.1 Å². The van der Waals surface area contributed by atoms with Crippen LogP contribution in [0.15, 0.2) is 28.8 Å². The molecule has 2 aromatic rings. The van der Waals surface area contributed by atoms with Crippen LogP contribution in [-0.2, 0) is 19.4 Å². The molecule has 4 rings (SSSR count). The molecule has 1 aliphatic carbocycles. The Morgan fingerprint density at radius 2 is 2.16 bits per heavy atom. The van der Waals surface area contributed by atoms with Crippen molar-refractivity contribution in [3.8, 4) is 5.75 Å². The van der Waals surface area contributed by atoms with Crippen molar-refractivity contribution in [2.24, 2.45) is 0 Å². The fourth-order valence-corrected chi connectivity index (χ4v) is 3.71. The van der Waals surface area contributed by atoms with Crippen molar-refractivity contribution in [3.63, 3.8) is 0 Å². The van der Waals surface area contributed by atoms with Gasteiger partial charge in [0.2, 0.25) is 0 Å². The highest BCUT2D eigenvalue weighted by Crippen LogP contribution is 2.35. The van der Waals surface area contributed by atoms with Crippen LogP contribution >= 0.6 is 0 Å². The minimum Gasteiger partial charge on any atom is -0.493 e. The van der Waals surface area contributed by atoms with E-state index in [9.17, 15) is 4.79 Å². The zero-order valence-electron chi connectivity index (χ0n) is 14.4. The van der Waals surface area contributed by atoms with Gasteiger partial charge in [-0.1, -0.05) is 23.4 Å². The Morgan fingerprint density at radius 1 is 1.32 bits per heavy atom. The summed E-state index contributed by atoms with van der Waals surface area (Å²) in [5.41, 5.74) is 3.19. The third-order valence-corrected chi connectivity index (χ3v) is 5.15. The van der Waals surface area contributed by atoms with Gasteiger partial charge in [-0.3, -0.25) is 0 Å². The lowest BCUT2D eigenvalue weighted by atomic mass is 9.94. The fraction of sp³-hybridized carbons (Fsp3) is 0.474. The van der Waals surface area contributed by atoms with Crippen molar-refractivity contribution in [1.82, 2.24) is 15.8 Å². The summed E-state index contributed by atoms with van der Waals surface area (Å²) in [7, 11) is 0. The van der Waals surface area contributed by atoms with Crippen LogP contribution in [-0.4, -0.2) is 23.8 Å². The second-order valence-electron chi connectivity index (χ2n) is 6.81. The summed E-state index contributed by atoms with van der Waals surface area (Å²) in [5.74, 6) is 2.06. The van der Waals surface area contributed by atoms with Crippen molar-refractivity contribution in [2.75, 3.05) is 6.61 Å². The Hall–Kier alpha value is -2.50. The number of para-hydroxylation sites is 1. The standard InChI is InChI=1S/C19H23N3O3/c1-12(15-11-24-17-8-4-2-6-13(15)17)21-19(23)20-10-16-14-7-3-5-9-18(14)25-22-16/h2,4,6,8,12,15H,3,5,7,9-11H2,1H3,(H2,20,21,23)/t12-,15-/m0/s1. The molecular formula is C19H23N3O3. The van der Waals surface area contributed by atoms with Crippen LogP contribution in [0.1, 0.15) is 48.3 Å². The van der Waals surface area contributed by atoms with Gasteiger partial charge in [0.15, 0.2) is 0 Å². The average Bonchev–Trinajstić information content (AvgIpc) is 3.24. The van der Waals surface area contributed by atoms with Gasteiger partial charge in [-0.2, -0.15) is 0 Å². The summed E-state index contributed by atoms with van der Waals surface area (Å²) in [4.78, 5) is 12.3. The average molecular weight is 341 g/mol. The molecule has 0 unspecified atom stereocenters. The van der Waals surface area contributed by atoms with Crippen LogP contribution in [0.2, 0.25) is 0 Å². The molecule has 0 spiro atoms. The first-order valence-corrected chi connectivity index (χ1v) is 8.95. The van der Waals surface area contributed by atoms with Gasteiger partial charge < -0.3 is 19.9 Å². The van der Waals surface area contributed by atoms with Crippen LogP contribution in [0.4, 0.5) is 4.79 Å². The van der Waals surface area contributed by atoms with Gasteiger partial charge in [0.1, 0.15) is 17.2 Å². The van der Waals surface area contributed by atoms with Gasteiger partial charge in [0, 0.05) is 29.5 Å². The van der Waals surface area contributed by atoms with E-state index in [-0.39, 0.29) is 18.0 Å². The highest BCUT2D eigenvalue weighted by atomic mass is 16.5. The third kappa shape index (κ3) is 3.21. The molecule has 2 atom stereocenters. The number of hydrogen-bond donors (Lipinski definition) is 2. The predicted octanol–water partition coefficient (Wildman–Crippen LogP) is 2.92. The number of benzene rings is 1. The monoisotopic (exact) mass is 341 g/mol. The van der Waals surface area contributed by atoms with Crippen LogP contribution < -0.4 is 15.4 Å². The number of nitrogens with one attached hydrogen (secondary N) is 2. The number of hydrogen-bond acceptors (Lipinski definition) is 4. The van der Waals surface area contributed by atoms with E-state index in [0.717, 1.165) is 48.5 Å². The molecule has 1 aromatic carbocycles. The number of carbonyl (C=O) groups excluding carboxylic acids is 1. The van der Waals surface area contributed by atoms with Gasteiger partial charge in [-0.15, -0.1) is 0 Å². The molecule has 2 aliphatic rings. The molecular weight excluding hydrogens is 318 g/mol. The third-order valence-electron chi connectivity index (χ3n) is 5.15. The molecule has 25 heavy (non-hydrogen) atoms. The van der Waals surface area contributed by atoms with E-state index in [1.54, 1.807) is 0 Å². The first-order valence-electron chi connectivity index (χ1n) is 8.95. The van der Waals surface area contributed by atoms with Gasteiger partial charge in [0.25, 0.3) is 0 Å². The van der Waals surface area contributed by atoms with E-state index in [1.807, 2.05) is 25.1 Å². The number of aromatic nitrogens is 1. The van der Waals surface area contributed by atoms with Crippen molar-refractivity contribution in [1.29, 1.82) is 0 Å². The van der Waals surface area contributed by atoms with Gasteiger partial charge >= 0.3 is 6.03 Å². The normalized spacial score (nSPS) is 19.5. The lowest BCUT2D eigenvalue weighted by Crippen LogP contribution is -2.43. The summed E-state index contributed by atoms with van der Waals surface area (Å²) in [6.45, 7) is 3.00. The summed E-state index contributed by atoms with van der Waals surface area (Å²) >= 11 is 0. The molecule has 0 saturated heterocycles. The SMILES string of the molecule is C[C@H](NC(=O)NCc1noc2c1CCCC2)[C@@H]1COc2ccccc21. The molecule has 6 nitrogen and oxygen atoms in total. The molecule has 1 aromatic heterocycles. The quantitative estimate of drug-likeness (QED) is 0.896. The summed E-state index contributed by atoms with van der Waals surface area (Å²) < 4.78 is 11.1. The minimum atomic E-state index is -0.190. The summed E-state index contributed by atoms with van der Waals surface area (Å²) in [5, 5.41) is 10.0. The molecule has 0 fully saturated rings. The minimum absolute atomic E-state index is 0.0186. The number of aryl methyl sites for hydroxylation is 1. The van der Waals surface area contributed by atoms with E-state index < -0.39 is 0 Å². The molecule has 2 N–H and O–H groups in total. The van der Waals surface area contributed by atoms with E-state index in [1.165, 1.54) is 5.56 Å². The molecule has 0 bridgehead atoms. The number of rotatable bonds is 4. The van der Waals surface area contributed by atoms with E-state index in [4.69, 9.17) is 9.26 Å². The van der Waals surface area contributed by atoms with E-state index in [0.29, 0.717) is 13.2 Å². The molecule has 0 radical (unpaired) electrons. The zero-order chi connectivity index (χ0) is 17.2. The van der Waals surface area contributed by atoms with Gasteiger partial charge in [-0.25, -0.2) is 4.79 Å². The Bertz CT molecular complexity index is 771. The highest BCUT2D eigenvalue weighted by molar-refractivity contribution is 5.74. The second kappa shape index (κ2) is 6.78. The molecule has 0 saturated carbocycles. The van der Waals surface area contributed by atoms with Gasteiger partial charge in [-0.05, 0) is 32.3 Å². The van der Waals surface area contributed by atoms with Crippen LogP contribution in [0.3, 0.4) is 0 Å². The van der Waals surface area contributed by atoms with Gasteiger partial charge in [0.05, 0.1) is 13.2 Å². The number of amides is 2. The number of ether oxygens (including phenoxy) is 1. The Kier molecular flexibility index (Phi) is 4.34.